The molecule has 11 heteroatoms. The molecule has 0 aromatic carbocycles. The maximum absolute atomic E-state index is 12.9. The van der Waals surface area contributed by atoms with Crippen molar-refractivity contribution in [3.63, 3.8) is 0 Å². The molecule has 4 aromatic heterocycles. The highest BCUT2D eigenvalue weighted by Crippen LogP contribution is 2.16. The van der Waals surface area contributed by atoms with E-state index in [0.717, 1.165) is 23.0 Å². The number of aromatic nitrogens is 7. The zero-order chi connectivity index (χ0) is 22.1. The topological polar surface area (TPSA) is 121 Å². The molecule has 0 saturated heterocycles. The average Bonchev–Trinajstić information content (AvgIpc) is 3.38. The summed E-state index contributed by atoms with van der Waals surface area (Å²) in [6.45, 7) is 2.96. The SMILES string of the molecule is CCCn1c(C(=O)NCCCc2cnc3ncnn3c2)cc2c(=O)n(C)c(=O)n(C)c21. The Balaban J connectivity index is 1.52. The maximum Gasteiger partial charge on any atom is 0.332 e. The standard InChI is InChI=1S/C20H24N8O3/c1-4-8-27-15(9-14-17(27)25(2)20(31)26(3)18(14)30)16(29)21-7-5-6-13-10-22-19-23-12-24-28(19)11-13/h9-12H,4-8H2,1-3H3,(H,21,29). The van der Waals surface area contributed by atoms with Crippen LogP contribution in [0.4, 0.5) is 0 Å². The summed E-state index contributed by atoms with van der Waals surface area (Å²) in [6, 6.07) is 1.57. The highest BCUT2D eigenvalue weighted by molar-refractivity contribution is 5.97. The van der Waals surface area contributed by atoms with Crippen molar-refractivity contribution in [1.29, 1.82) is 0 Å². The highest BCUT2D eigenvalue weighted by Gasteiger charge is 2.20. The minimum atomic E-state index is -0.419. The third-order valence-corrected chi connectivity index (χ3v) is 5.29. The Bertz CT molecular complexity index is 1390. The first-order valence-electron chi connectivity index (χ1n) is 10.1. The molecule has 4 aromatic rings. The van der Waals surface area contributed by atoms with Gasteiger partial charge in [-0.15, -0.1) is 0 Å². The second-order valence-corrected chi connectivity index (χ2v) is 7.45. The first-order valence-corrected chi connectivity index (χ1v) is 10.1. The first kappa shape index (κ1) is 20.5. The molecule has 0 radical (unpaired) electrons. The van der Waals surface area contributed by atoms with Gasteiger partial charge in [-0.05, 0) is 30.9 Å². The Morgan fingerprint density at radius 1 is 1.16 bits per heavy atom. The van der Waals surface area contributed by atoms with Gasteiger partial charge in [0.25, 0.3) is 17.2 Å². The zero-order valence-corrected chi connectivity index (χ0v) is 17.7. The smallest absolute Gasteiger partial charge is 0.332 e. The molecule has 0 aliphatic rings. The van der Waals surface area contributed by atoms with Crippen LogP contribution in [0, 0.1) is 0 Å². The van der Waals surface area contributed by atoms with Crippen LogP contribution in [0.5, 0.6) is 0 Å². The van der Waals surface area contributed by atoms with E-state index in [0.29, 0.717) is 42.0 Å². The van der Waals surface area contributed by atoms with E-state index < -0.39 is 11.2 Å². The second kappa shape index (κ2) is 8.17. The molecule has 162 valence electrons. The second-order valence-electron chi connectivity index (χ2n) is 7.45. The Morgan fingerprint density at radius 2 is 1.97 bits per heavy atom. The first-order chi connectivity index (χ1) is 14.9. The van der Waals surface area contributed by atoms with Gasteiger partial charge < -0.3 is 9.88 Å². The Hall–Kier alpha value is -3.76. The van der Waals surface area contributed by atoms with E-state index in [1.165, 1.54) is 17.9 Å². The van der Waals surface area contributed by atoms with Crippen molar-refractivity contribution in [2.45, 2.75) is 32.7 Å². The molecule has 1 amide bonds. The summed E-state index contributed by atoms with van der Waals surface area (Å²) in [4.78, 5) is 46.1. The van der Waals surface area contributed by atoms with E-state index in [-0.39, 0.29) is 5.91 Å². The van der Waals surface area contributed by atoms with Crippen LogP contribution in [-0.4, -0.2) is 45.7 Å². The quantitative estimate of drug-likeness (QED) is 0.425. The van der Waals surface area contributed by atoms with Crippen molar-refractivity contribution in [1.82, 2.24) is 38.6 Å². The van der Waals surface area contributed by atoms with Crippen LogP contribution < -0.4 is 16.6 Å². The number of amides is 1. The van der Waals surface area contributed by atoms with E-state index in [1.807, 2.05) is 13.1 Å². The minimum Gasteiger partial charge on any atom is -0.351 e. The van der Waals surface area contributed by atoms with Gasteiger partial charge in [-0.1, -0.05) is 6.92 Å². The van der Waals surface area contributed by atoms with E-state index >= 15 is 0 Å². The van der Waals surface area contributed by atoms with Gasteiger partial charge in [-0.3, -0.25) is 18.7 Å². The molecule has 0 saturated carbocycles. The predicted octanol–water partition coefficient (Wildman–Crippen LogP) is 0.249. The molecule has 0 atom stereocenters. The van der Waals surface area contributed by atoms with Crippen molar-refractivity contribution >= 4 is 22.7 Å². The van der Waals surface area contributed by atoms with E-state index in [9.17, 15) is 14.4 Å². The number of hydrogen-bond acceptors (Lipinski definition) is 6. The lowest BCUT2D eigenvalue weighted by atomic mass is 10.2. The molecule has 1 N–H and O–H groups in total. The van der Waals surface area contributed by atoms with Crippen LogP contribution >= 0.6 is 0 Å². The van der Waals surface area contributed by atoms with Gasteiger partial charge in [0, 0.05) is 39.6 Å². The lowest BCUT2D eigenvalue weighted by Gasteiger charge is -2.12. The van der Waals surface area contributed by atoms with Crippen molar-refractivity contribution < 1.29 is 4.79 Å². The summed E-state index contributed by atoms with van der Waals surface area (Å²) in [5, 5.41) is 7.34. The molecule has 0 unspecified atom stereocenters. The number of rotatable bonds is 7. The van der Waals surface area contributed by atoms with Crippen LogP contribution in [0.3, 0.4) is 0 Å². The number of nitrogens with one attached hydrogen (secondary N) is 1. The highest BCUT2D eigenvalue weighted by atomic mass is 16.2. The summed E-state index contributed by atoms with van der Waals surface area (Å²) >= 11 is 0. The fraction of sp³-hybridized carbons (Fsp3) is 0.400. The Labute approximate surface area is 177 Å². The molecule has 0 bridgehead atoms. The van der Waals surface area contributed by atoms with Gasteiger partial charge in [0.05, 0.1) is 5.39 Å². The predicted molar refractivity (Wildman–Crippen MR) is 114 cm³/mol. The van der Waals surface area contributed by atoms with Crippen LogP contribution in [0.2, 0.25) is 0 Å². The molecule has 4 heterocycles. The fourth-order valence-electron chi connectivity index (χ4n) is 3.75. The van der Waals surface area contributed by atoms with Crippen molar-refractivity contribution in [3.8, 4) is 0 Å². The number of fused-ring (bicyclic) bond motifs is 2. The van der Waals surface area contributed by atoms with Crippen LogP contribution in [0.25, 0.3) is 16.8 Å². The molecular formula is C20H24N8O3. The average molecular weight is 424 g/mol. The van der Waals surface area contributed by atoms with Gasteiger partial charge in [-0.2, -0.15) is 10.1 Å². The Kier molecular flexibility index (Phi) is 5.40. The number of nitrogens with zero attached hydrogens (tertiary/aromatic N) is 7. The monoisotopic (exact) mass is 424 g/mol. The largest absolute Gasteiger partial charge is 0.351 e. The lowest BCUT2D eigenvalue weighted by molar-refractivity contribution is 0.0944. The summed E-state index contributed by atoms with van der Waals surface area (Å²) in [7, 11) is 3.05. The molecule has 31 heavy (non-hydrogen) atoms. The van der Waals surface area contributed by atoms with Gasteiger partial charge in [-0.25, -0.2) is 14.3 Å². The Morgan fingerprint density at radius 3 is 2.74 bits per heavy atom. The van der Waals surface area contributed by atoms with Crippen LogP contribution in [0.15, 0.2) is 34.4 Å². The summed E-state index contributed by atoms with van der Waals surface area (Å²) in [5.74, 6) is 0.269. The van der Waals surface area contributed by atoms with E-state index in [2.05, 4.69) is 20.4 Å². The third kappa shape index (κ3) is 3.62. The molecule has 0 spiro atoms. The normalized spacial score (nSPS) is 11.5. The molecule has 4 rings (SSSR count). The summed E-state index contributed by atoms with van der Waals surface area (Å²) < 4.78 is 5.83. The van der Waals surface area contributed by atoms with Gasteiger partial charge >= 0.3 is 5.69 Å². The van der Waals surface area contributed by atoms with Crippen molar-refractivity contribution in [2.75, 3.05) is 6.54 Å². The summed E-state index contributed by atoms with van der Waals surface area (Å²) in [5.41, 5.74) is 1.01. The number of carbonyl (C=O) groups is 1. The van der Waals surface area contributed by atoms with Crippen molar-refractivity contribution in [3.05, 3.63) is 56.9 Å². The number of hydrogen-bond donors (Lipinski definition) is 1. The summed E-state index contributed by atoms with van der Waals surface area (Å²) in [6.07, 6.45) is 7.25. The zero-order valence-electron chi connectivity index (χ0n) is 17.7. The third-order valence-electron chi connectivity index (χ3n) is 5.29. The van der Waals surface area contributed by atoms with E-state index in [1.54, 1.807) is 28.4 Å². The van der Waals surface area contributed by atoms with Crippen LogP contribution in [0.1, 0.15) is 35.8 Å². The van der Waals surface area contributed by atoms with Gasteiger partial charge in [0.2, 0.25) is 0 Å². The van der Waals surface area contributed by atoms with Crippen molar-refractivity contribution in [2.24, 2.45) is 14.1 Å². The number of aryl methyl sites for hydroxylation is 3. The molecule has 11 nitrogen and oxygen atoms in total. The minimum absolute atomic E-state index is 0.274. The van der Waals surface area contributed by atoms with E-state index in [4.69, 9.17) is 0 Å². The molecular weight excluding hydrogens is 400 g/mol. The maximum atomic E-state index is 12.9. The van der Waals surface area contributed by atoms with Gasteiger partial charge in [0.1, 0.15) is 17.7 Å². The van der Waals surface area contributed by atoms with Gasteiger partial charge in [0.15, 0.2) is 0 Å². The molecule has 0 aliphatic carbocycles. The molecule has 0 aliphatic heterocycles. The number of carbonyl (C=O) groups excluding carboxylic acids is 1. The molecule has 0 fully saturated rings. The van der Waals surface area contributed by atoms with Crippen LogP contribution in [-0.2, 0) is 27.1 Å². The lowest BCUT2D eigenvalue weighted by Crippen LogP contribution is -2.37. The fourth-order valence-corrected chi connectivity index (χ4v) is 3.75.